The van der Waals surface area contributed by atoms with Gasteiger partial charge in [-0.2, -0.15) is 0 Å². The number of amides is 1. The number of likely N-dealkylation sites (N-methyl/N-ethyl adjacent to an activating group) is 1. The van der Waals surface area contributed by atoms with Gasteiger partial charge in [-0.25, -0.2) is 0 Å². The van der Waals surface area contributed by atoms with Crippen LogP contribution in [-0.2, 0) is 4.79 Å². The molecule has 3 nitrogen and oxygen atoms in total. The SMILES string of the molecule is CCCC(C)N(C)C(=O)CNCC1CC1. The molecular formula is C12H24N2O. The molecule has 0 spiro atoms. The first-order valence-corrected chi connectivity index (χ1v) is 6.11. The van der Waals surface area contributed by atoms with Gasteiger partial charge in [-0.3, -0.25) is 4.79 Å². The average Bonchev–Trinajstić information content (AvgIpc) is 3.00. The molecule has 0 aromatic heterocycles. The Morgan fingerprint density at radius 2 is 2.20 bits per heavy atom. The summed E-state index contributed by atoms with van der Waals surface area (Å²) in [4.78, 5) is 13.6. The molecule has 1 aliphatic carbocycles. The van der Waals surface area contributed by atoms with Crippen molar-refractivity contribution in [1.82, 2.24) is 10.2 Å². The van der Waals surface area contributed by atoms with Crippen molar-refractivity contribution in [2.75, 3.05) is 20.1 Å². The van der Waals surface area contributed by atoms with E-state index < -0.39 is 0 Å². The minimum Gasteiger partial charge on any atom is -0.342 e. The molecule has 0 aromatic rings. The van der Waals surface area contributed by atoms with Gasteiger partial charge >= 0.3 is 0 Å². The highest BCUT2D eigenvalue weighted by Gasteiger charge is 2.21. The molecule has 88 valence electrons. The monoisotopic (exact) mass is 212 g/mol. The lowest BCUT2D eigenvalue weighted by molar-refractivity contribution is -0.130. The second-order valence-electron chi connectivity index (χ2n) is 4.72. The highest BCUT2D eigenvalue weighted by molar-refractivity contribution is 5.78. The van der Waals surface area contributed by atoms with E-state index in [1.165, 1.54) is 12.8 Å². The van der Waals surface area contributed by atoms with Gasteiger partial charge in [0.05, 0.1) is 6.54 Å². The molecule has 0 aromatic carbocycles. The Labute approximate surface area is 93.2 Å². The summed E-state index contributed by atoms with van der Waals surface area (Å²) < 4.78 is 0. The lowest BCUT2D eigenvalue weighted by Crippen LogP contribution is -2.41. The first kappa shape index (κ1) is 12.5. The zero-order valence-corrected chi connectivity index (χ0v) is 10.3. The van der Waals surface area contributed by atoms with Crippen LogP contribution in [0.15, 0.2) is 0 Å². The van der Waals surface area contributed by atoms with Crippen molar-refractivity contribution in [2.45, 2.75) is 45.6 Å². The van der Waals surface area contributed by atoms with E-state index in [2.05, 4.69) is 19.2 Å². The Hall–Kier alpha value is -0.570. The van der Waals surface area contributed by atoms with Crippen LogP contribution >= 0.6 is 0 Å². The maximum absolute atomic E-state index is 11.7. The van der Waals surface area contributed by atoms with Gasteiger partial charge in [-0.1, -0.05) is 13.3 Å². The quantitative estimate of drug-likeness (QED) is 0.695. The minimum absolute atomic E-state index is 0.219. The van der Waals surface area contributed by atoms with Gasteiger partial charge in [0.15, 0.2) is 0 Å². The van der Waals surface area contributed by atoms with Gasteiger partial charge in [-0.15, -0.1) is 0 Å². The number of nitrogens with zero attached hydrogens (tertiary/aromatic N) is 1. The first-order valence-electron chi connectivity index (χ1n) is 6.11. The smallest absolute Gasteiger partial charge is 0.236 e. The molecule has 0 heterocycles. The van der Waals surface area contributed by atoms with E-state index in [-0.39, 0.29) is 5.91 Å². The summed E-state index contributed by atoms with van der Waals surface area (Å²) in [7, 11) is 1.90. The maximum Gasteiger partial charge on any atom is 0.236 e. The van der Waals surface area contributed by atoms with Crippen molar-refractivity contribution in [1.29, 1.82) is 0 Å². The third-order valence-electron chi connectivity index (χ3n) is 3.17. The van der Waals surface area contributed by atoms with Crippen LogP contribution < -0.4 is 5.32 Å². The Morgan fingerprint density at radius 1 is 1.53 bits per heavy atom. The van der Waals surface area contributed by atoms with E-state index in [9.17, 15) is 4.79 Å². The molecule has 0 saturated heterocycles. The maximum atomic E-state index is 11.7. The van der Waals surface area contributed by atoms with Crippen LogP contribution in [0, 0.1) is 5.92 Å². The van der Waals surface area contributed by atoms with Crippen molar-refractivity contribution in [3.63, 3.8) is 0 Å². The van der Waals surface area contributed by atoms with E-state index >= 15 is 0 Å². The molecule has 1 unspecified atom stereocenters. The molecule has 1 fully saturated rings. The van der Waals surface area contributed by atoms with Crippen LogP contribution in [0.25, 0.3) is 0 Å². The number of hydrogen-bond acceptors (Lipinski definition) is 2. The van der Waals surface area contributed by atoms with E-state index in [4.69, 9.17) is 0 Å². The van der Waals surface area contributed by atoms with Crippen LogP contribution in [0.2, 0.25) is 0 Å². The van der Waals surface area contributed by atoms with Gasteiger partial charge in [-0.05, 0) is 38.6 Å². The van der Waals surface area contributed by atoms with Gasteiger partial charge < -0.3 is 10.2 Å². The predicted molar refractivity (Wildman–Crippen MR) is 62.7 cm³/mol. The Kier molecular flexibility index (Phi) is 5.09. The molecule has 0 bridgehead atoms. The van der Waals surface area contributed by atoms with Crippen LogP contribution in [0.5, 0.6) is 0 Å². The van der Waals surface area contributed by atoms with E-state index in [1.807, 2.05) is 11.9 Å². The van der Waals surface area contributed by atoms with Crippen LogP contribution in [0.4, 0.5) is 0 Å². The molecule has 3 heteroatoms. The zero-order valence-electron chi connectivity index (χ0n) is 10.3. The number of hydrogen-bond donors (Lipinski definition) is 1. The number of nitrogens with one attached hydrogen (secondary N) is 1. The molecule has 1 N–H and O–H groups in total. The third kappa shape index (κ3) is 4.65. The van der Waals surface area contributed by atoms with Crippen molar-refractivity contribution in [3.05, 3.63) is 0 Å². The molecule has 1 amide bonds. The lowest BCUT2D eigenvalue weighted by atomic mass is 10.2. The van der Waals surface area contributed by atoms with E-state index in [1.54, 1.807) is 0 Å². The first-order chi connectivity index (χ1) is 7.15. The molecule has 1 aliphatic rings. The average molecular weight is 212 g/mol. The summed E-state index contributed by atoms with van der Waals surface area (Å²) in [5.74, 6) is 1.06. The highest BCUT2D eigenvalue weighted by Crippen LogP contribution is 2.27. The van der Waals surface area contributed by atoms with Crippen LogP contribution in [0.1, 0.15) is 39.5 Å². The number of carbonyl (C=O) groups is 1. The fourth-order valence-corrected chi connectivity index (χ4v) is 1.69. The fraction of sp³-hybridized carbons (Fsp3) is 0.917. The van der Waals surface area contributed by atoms with Gasteiger partial charge in [0, 0.05) is 13.1 Å². The highest BCUT2D eigenvalue weighted by atomic mass is 16.2. The van der Waals surface area contributed by atoms with E-state index in [0.717, 1.165) is 25.3 Å². The largest absolute Gasteiger partial charge is 0.342 e. The fourth-order valence-electron chi connectivity index (χ4n) is 1.69. The number of rotatable bonds is 7. The normalized spacial score (nSPS) is 17.5. The van der Waals surface area contributed by atoms with Crippen molar-refractivity contribution >= 4 is 5.91 Å². The summed E-state index contributed by atoms with van der Waals surface area (Å²) >= 11 is 0. The lowest BCUT2D eigenvalue weighted by Gasteiger charge is -2.24. The summed E-state index contributed by atoms with van der Waals surface area (Å²) in [6.45, 7) is 5.78. The Bertz CT molecular complexity index is 202. The van der Waals surface area contributed by atoms with Crippen LogP contribution in [0.3, 0.4) is 0 Å². The van der Waals surface area contributed by atoms with E-state index in [0.29, 0.717) is 12.6 Å². The second-order valence-corrected chi connectivity index (χ2v) is 4.72. The molecule has 0 aliphatic heterocycles. The molecule has 15 heavy (non-hydrogen) atoms. The topological polar surface area (TPSA) is 32.3 Å². The summed E-state index contributed by atoms with van der Waals surface area (Å²) in [6.07, 6.45) is 4.89. The van der Waals surface area contributed by atoms with Crippen LogP contribution in [-0.4, -0.2) is 37.0 Å². The molecular weight excluding hydrogens is 188 g/mol. The van der Waals surface area contributed by atoms with Gasteiger partial charge in [0.2, 0.25) is 5.91 Å². The van der Waals surface area contributed by atoms with Crippen molar-refractivity contribution < 1.29 is 4.79 Å². The molecule has 1 rings (SSSR count). The Morgan fingerprint density at radius 3 is 2.73 bits per heavy atom. The number of carbonyl (C=O) groups excluding carboxylic acids is 1. The summed E-state index contributed by atoms with van der Waals surface area (Å²) in [5, 5.41) is 3.23. The minimum atomic E-state index is 0.219. The standard InChI is InChI=1S/C12H24N2O/c1-4-5-10(2)14(3)12(15)9-13-8-11-6-7-11/h10-11,13H,4-9H2,1-3H3. The second kappa shape index (κ2) is 6.11. The molecule has 1 saturated carbocycles. The van der Waals surface area contributed by atoms with Gasteiger partial charge in [0.25, 0.3) is 0 Å². The molecule has 0 radical (unpaired) electrons. The predicted octanol–water partition coefficient (Wildman–Crippen LogP) is 1.63. The summed E-state index contributed by atoms with van der Waals surface area (Å²) in [6, 6.07) is 0.366. The molecule has 1 atom stereocenters. The van der Waals surface area contributed by atoms with Crippen molar-refractivity contribution in [2.24, 2.45) is 5.92 Å². The Balaban J connectivity index is 2.12. The zero-order chi connectivity index (χ0) is 11.3. The van der Waals surface area contributed by atoms with Gasteiger partial charge in [0.1, 0.15) is 0 Å². The van der Waals surface area contributed by atoms with Crippen molar-refractivity contribution in [3.8, 4) is 0 Å². The third-order valence-corrected chi connectivity index (χ3v) is 3.17. The summed E-state index contributed by atoms with van der Waals surface area (Å²) in [5.41, 5.74) is 0.